The number of aliphatic hydroxyl groups is 2. The van der Waals surface area contributed by atoms with Crippen LogP contribution in [-0.4, -0.2) is 59.5 Å². The number of aryl methyl sites for hydroxylation is 1. The summed E-state index contributed by atoms with van der Waals surface area (Å²) in [6, 6.07) is 7.04. The fraction of sp³-hybridized carbons (Fsp3) is 0.444. The summed E-state index contributed by atoms with van der Waals surface area (Å²) in [4.78, 5) is 23.7. The number of ether oxygens (including phenoxy) is 1. The van der Waals surface area contributed by atoms with Crippen molar-refractivity contribution in [1.29, 1.82) is 0 Å². The van der Waals surface area contributed by atoms with Crippen molar-refractivity contribution in [2.24, 2.45) is 0 Å². The summed E-state index contributed by atoms with van der Waals surface area (Å²) in [5, 5.41) is 25.2. The van der Waals surface area contributed by atoms with Gasteiger partial charge in [0.1, 0.15) is 18.3 Å². The summed E-state index contributed by atoms with van der Waals surface area (Å²) >= 11 is 0. The molecular formula is C18H22N2O5. The monoisotopic (exact) mass is 346 g/mol. The van der Waals surface area contributed by atoms with E-state index in [0.717, 1.165) is 5.56 Å². The highest BCUT2D eigenvalue weighted by Gasteiger charge is 2.43. The van der Waals surface area contributed by atoms with Crippen LogP contribution in [0.25, 0.3) is 0 Å². The van der Waals surface area contributed by atoms with Gasteiger partial charge in [-0.05, 0) is 19.1 Å². The molecular weight excluding hydrogens is 324 g/mol. The number of benzene rings is 1. The first kappa shape index (κ1) is 18.9. The van der Waals surface area contributed by atoms with E-state index >= 15 is 0 Å². The Morgan fingerprint density at radius 1 is 1.16 bits per heavy atom. The first-order chi connectivity index (χ1) is 11.9. The van der Waals surface area contributed by atoms with Crippen LogP contribution in [0, 0.1) is 19.3 Å². The molecule has 2 rings (SSSR count). The van der Waals surface area contributed by atoms with Gasteiger partial charge >= 0.3 is 0 Å². The van der Waals surface area contributed by atoms with Crippen molar-refractivity contribution < 1.29 is 24.5 Å². The number of hydrogen-bond acceptors (Lipinski definition) is 5. The predicted octanol–water partition coefficient (Wildman–Crippen LogP) is -0.646. The zero-order valence-corrected chi connectivity index (χ0v) is 13.9. The molecule has 7 nitrogen and oxygen atoms in total. The van der Waals surface area contributed by atoms with E-state index in [4.69, 9.17) is 11.2 Å². The first-order valence-electron chi connectivity index (χ1n) is 7.99. The van der Waals surface area contributed by atoms with Gasteiger partial charge in [-0.15, -0.1) is 6.42 Å². The third-order valence-electron chi connectivity index (χ3n) is 4.01. The summed E-state index contributed by atoms with van der Waals surface area (Å²) in [7, 11) is 0. The van der Waals surface area contributed by atoms with Gasteiger partial charge < -0.3 is 25.6 Å². The molecule has 0 bridgehead atoms. The molecule has 2 amide bonds. The van der Waals surface area contributed by atoms with Crippen LogP contribution in [0.4, 0.5) is 0 Å². The van der Waals surface area contributed by atoms with Gasteiger partial charge in [0.25, 0.3) is 5.91 Å². The predicted molar refractivity (Wildman–Crippen MR) is 90.6 cm³/mol. The van der Waals surface area contributed by atoms with Crippen molar-refractivity contribution in [3.8, 4) is 12.3 Å². The second-order valence-corrected chi connectivity index (χ2v) is 5.96. The first-order valence-corrected chi connectivity index (χ1v) is 7.99. The Kier molecular flexibility index (Phi) is 6.53. The lowest BCUT2D eigenvalue weighted by atomic mass is 10.1. The van der Waals surface area contributed by atoms with E-state index in [1.807, 2.05) is 19.1 Å². The molecule has 4 atom stereocenters. The summed E-state index contributed by atoms with van der Waals surface area (Å²) in [5.41, 5.74) is 1.53. The molecule has 0 radical (unpaired) electrons. The van der Waals surface area contributed by atoms with Crippen LogP contribution in [0.15, 0.2) is 24.3 Å². The Morgan fingerprint density at radius 3 is 2.44 bits per heavy atom. The number of hydrogen-bond donors (Lipinski definition) is 4. The molecule has 25 heavy (non-hydrogen) atoms. The molecule has 0 unspecified atom stereocenters. The molecule has 0 aliphatic carbocycles. The van der Waals surface area contributed by atoms with Crippen LogP contribution in [-0.2, 0) is 9.53 Å². The van der Waals surface area contributed by atoms with Gasteiger partial charge in [-0.1, -0.05) is 23.6 Å². The lowest BCUT2D eigenvalue weighted by Crippen LogP contribution is -2.40. The standard InChI is InChI=1S/C18H22N2O5/c1-3-8-19-15(21)9-13-16(22)17(23)14(25-13)10-20-18(24)12-6-4-11(2)5-7-12/h1,4-7,13-14,16-17,22-23H,8-10H2,2H3,(H,19,21)(H,20,24)/t13-,14-,16-,17+/m0/s1. The molecule has 1 aromatic carbocycles. The minimum absolute atomic E-state index is 0.0212. The van der Waals surface area contributed by atoms with Crippen molar-refractivity contribution in [2.75, 3.05) is 13.1 Å². The number of amides is 2. The summed E-state index contributed by atoms with van der Waals surface area (Å²) in [6.45, 7) is 2.03. The highest BCUT2D eigenvalue weighted by Crippen LogP contribution is 2.23. The van der Waals surface area contributed by atoms with E-state index in [2.05, 4.69) is 16.6 Å². The second kappa shape index (κ2) is 8.62. The average Bonchev–Trinajstić information content (AvgIpc) is 2.86. The molecule has 1 aliphatic rings. The van der Waals surface area contributed by atoms with E-state index in [-0.39, 0.29) is 31.3 Å². The summed E-state index contributed by atoms with van der Waals surface area (Å²) < 4.78 is 5.51. The Bertz CT molecular complexity index is 652. The van der Waals surface area contributed by atoms with Gasteiger partial charge in [-0.3, -0.25) is 9.59 Å². The normalized spacial score (nSPS) is 25.2. The maximum atomic E-state index is 12.1. The molecule has 1 fully saturated rings. The molecule has 1 aromatic rings. The molecule has 1 heterocycles. The van der Waals surface area contributed by atoms with Crippen LogP contribution in [0.3, 0.4) is 0 Å². The van der Waals surface area contributed by atoms with Gasteiger partial charge in [0.15, 0.2) is 0 Å². The Labute approximate surface area is 146 Å². The molecule has 4 N–H and O–H groups in total. The number of carbonyl (C=O) groups excluding carboxylic acids is 2. The number of nitrogens with one attached hydrogen (secondary N) is 2. The van der Waals surface area contributed by atoms with Crippen molar-refractivity contribution in [3.63, 3.8) is 0 Å². The Balaban J connectivity index is 1.86. The summed E-state index contributed by atoms with van der Waals surface area (Å²) in [6.07, 6.45) is 0.882. The van der Waals surface area contributed by atoms with E-state index in [9.17, 15) is 19.8 Å². The summed E-state index contributed by atoms with van der Waals surface area (Å²) in [5.74, 6) is 1.59. The maximum Gasteiger partial charge on any atom is 0.251 e. The van der Waals surface area contributed by atoms with Crippen LogP contribution in [0.5, 0.6) is 0 Å². The number of rotatable bonds is 6. The van der Waals surface area contributed by atoms with Crippen LogP contribution in [0.1, 0.15) is 22.3 Å². The molecule has 0 spiro atoms. The van der Waals surface area contributed by atoms with E-state index in [0.29, 0.717) is 5.56 Å². The third kappa shape index (κ3) is 5.03. The smallest absolute Gasteiger partial charge is 0.251 e. The third-order valence-corrected chi connectivity index (χ3v) is 4.01. The van der Waals surface area contributed by atoms with Crippen LogP contribution in [0.2, 0.25) is 0 Å². The van der Waals surface area contributed by atoms with Crippen molar-refractivity contribution in [3.05, 3.63) is 35.4 Å². The highest BCUT2D eigenvalue weighted by molar-refractivity contribution is 5.94. The molecule has 0 saturated carbocycles. The molecule has 134 valence electrons. The fourth-order valence-electron chi connectivity index (χ4n) is 2.57. The zero-order chi connectivity index (χ0) is 18.4. The fourth-order valence-corrected chi connectivity index (χ4v) is 2.57. The molecule has 7 heteroatoms. The Morgan fingerprint density at radius 2 is 1.80 bits per heavy atom. The largest absolute Gasteiger partial charge is 0.388 e. The SMILES string of the molecule is C#CCNC(=O)C[C@@H]1O[C@@H](CNC(=O)c2ccc(C)cc2)[C@@H](O)[C@H]1O. The van der Waals surface area contributed by atoms with Gasteiger partial charge in [0.2, 0.25) is 5.91 Å². The van der Waals surface area contributed by atoms with E-state index < -0.39 is 24.4 Å². The van der Waals surface area contributed by atoms with Crippen molar-refractivity contribution in [1.82, 2.24) is 10.6 Å². The van der Waals surface area contributed by atoms with Crippen molar-refractivity contribution in [2.45, 2.75) is 37.8 Å². The quantitative estimate of drug-likeness (QED) is 0.512. The lowest BCUT2D eigenvalue weighted by molar-refractivity contribution is -0.124. The molecule has 0 aromatic heterocycles. The average molecular weight is 346 g/mol. The van der Waals surface area contributed by atoms with Crippen LogP contribution >= 0.6 is 0 Å². The number of terminal acetylenes is 1. The number of aliphatic hydroxyl groups excluding tert-OH is 2. The second-order valence-electron chi connectivity index (χ2n) is 5.96. The minimum atomic E-state index is -1.21. The van der Waals surface area contributed by atoms with Gasteiger partial charge in [0, 0.05) is 12.1 Å². The lowest BCUT2D eigenvalue weighted by Gasteiger charge is -2.15. The van der Waals surface area contributed by atoms with E-state index in [1.165, 1.54) is 0 Å². The maximum absolute atomic E-state index is 12.1. The number of carbonyl (C=O) groups is 2. The van der Waals surface area contributed by atoms with E-state index in [1.54, 1.807) is 12.1 Å². The Hall–Kier alpha value is -2.40. The van der Waals surface area contributed by atoms with Gasteiger partial charge in [-0.25, -0.2) is 0 Å². The molecule has 1 saturated heterocycles. The van der Waals surface area contributed by atoms with Gasteiger partial charge in [0.05, 0.1) is 19.1 Å². The topological polar surface area (TPSA) is 108 Å². The minimum Gasteiger partial charge on any atom is -0.388 e. The zero-order valence-electron chi connectivity index (χ0n) is 13.9. The molecule has 1 aliphatic heterocycles. The van der Waals surface area contributed by atoms with Crippen molar-refractivity contribution >= 4 is 11.8 Å². The van der Waals surface area contributed by atoms with Crippen LogP contribution < -0.4 is 10.6 Å². The highest BCUT2D eigenvalue weighted by atomic mass is 16.5. The van der Waals surface area contributed by atoms with Gasteiger partial charge in [-0.2, -0.15) is 0 Å².